The molecule has 23 heavy (non-hydrogen) atoms. The van der Waals surface area contributed by atoms with E-state index in [2.05, 4.69) is 15.5 Å². The number of carbonyl (C=O) groups is 2. The number of piperidine rings is 1. The van der Waals surface area contributed by atoms with E-state index in [4.69, 9.17) is 0 Å². The Kier molecular flexibility index (Phi) is 9.52. The lowest BCUT2D eigenvalue weighted by Crippen LogP contribution is -2.44. The minimum atomic E-state index is -0.0266. The van der Waals surface area contributed by atoms with Crippen LogP contribution in [0.25, 0.3) is 0 Å². The lowest BCUT2D eigenvalue weighted by molar-refractivity contribution is -0.132. The van der Waals surface area contributed by atoms with Gasteiger partial charge in [0.1, 0.15) is 0 Å². The number of nitrogens with zero attached hydrogens (tertiary/aromatic N) is 2. The molecular formula is C16H31ClN4O2. The third kappa shape index (κ3) is 7.06. The lowest BCUT2D eigenvalue weighted by Gasteiger charge is -2.31. The van der Waals surface area contributed by atoms with Crippen molar-refractivity contribution in [3.05, 3.63) is 0 Å². The summed E-state index contributed by atoms with van der Waals surface area (Å²) in [4.78, 5) is 27.9. The van der Waals surface area contributed by atoms with E-state index in [1.807, 2.05) is 11.9 Å². The molecule has 7 heteroatoms. The third-order valence-electron chi connectivity index (χ3n) is 4.77. The highest BCUT2D eigenvalue weighted by Gasteiger charge is 2.21. The summed E-state index contributed by atoms with van der Waals surface area (Å²) >= 11 is 0. The Morgan fingerprint density at radius 3 is 2.35 bits per heavy atom. The van der Waals surface area contributed by atoms with Crippen molar-refractivity contribution >= 4 is 24.2 Å². The number of rotatable bonds is 7. The van der Waals surface area contributed by atoms with Gasteiger partial charge in [0.05, 0.1) is 13.1 Å². The highest BCUT2D eigenvalue weighted by Crippen LogP contribution is 2.19. The highest BCUT2D eigenvalue weighted by molar-refractivity contribution is 5.86. The van der Waals surface area contributed by atoms with Gasteiger partial charge in [0.2, 0.25) is 11.8 Å². The van der Waals surface area contributed by atoms with Crippen LogP contribution in [-0.4, -0.2) is 74.5 Å². The molecule has 0 aliphatic carbocycles. The summed E-state index contributed by atoms with van der Waals surface area (Å²) in [5.41, 5.74) is 0. The van der Waals surface area contributed by atoms with E-state index < -0.39 is 0 Å². The van der Waals surface area contributed by atoms with Crippen molar-refractivity contribution in [2.24, 2.45) is 5.92 Å². The second kappa shape index (κ2) is 10.8. The molecule has 0 saturated carbocycles. The quantitative estimate of drug-likeness (QED) is 0.703. The van der Waals surface area contributed by atoms with Crippen LogP contribution in [0.1, 0.15) is 32.1 Å². The summed E-state index contributed by atoms with van der Waals surface area (Å²) in [5, 5.41) is 5.97. The second-order valence-electron chi connectivity index (χ2n) is 6.48. The fourth-order valence-electron chi connectivity index (χ4n) is 3.29. The maximum absolute atomic E-state index is 12.0. The molecule has 2 aliphatic rings. The summed E-state index contributed by atoms with van der Waals surface area (Å²) in [6.07, 6.45) is 5.73. The van der Waals surface area contributed by atoms with Gasteiger partial charge in [0, 0.05) is 13.1 Å². The SMILES string of the molecule is CNCCC1CCN(CC(=O)NCC(=O)N2CCCC2)CC1.Cl. The first-order valence-electron chi connectivity index (χ1n) is 8.60. The van der Waals surface area contributed by atoms with E-state index in [0.717, 1.165) is 51.5 Å². The zero-order chi connectivity index (χ0) is 15.8. The summed E-state index contributed by atoms with van der Waals surface area (Å²) in [7, 11) is 1.99. The number of likely N-dealkylation sites (tertiary alicyclic amines) is 2. The average Bonchev–Trinajstić information content (AvgIpc) is 3.06. The number of carbonyl (C=O) groups excluding carboxylic acids is 2. The minimum Gasteiger partial charge on any atom is -0.346 e. The first-order valence-corrected chi connectivity index (χ1v) is 8.60. The Hall–Kier alpha value is -0.850. The fourth-order valence-corrected chi connectivity index (χ4v) is 3.29. The zero-order valence-electron chi connectivity index (χ0n) is 14.2. The Morgan fingerprint density at radius 2 is 1.74 bits per heavy atom. The van der Waals surface area contributed by atoms with Gasteiger partial charge in [-0.05, 0) is 64.7 Å². The number of hydrogen-bond donors (Lipinski definition) is 2. The molecule has 0 bridgehead atoms. The van der Waals surface area contributed by atoms with E-state index in [0.29, 0.717) is 6.54 Å². The molecule has 0 aromatic carbocycles. The molecule has 134 valence electrons. The van der Waals surface area contributed by atoms with Gasteiger partial charge in [-0.15, -0.1) is 12.4 Å². The highest BCUT2D eigenvalue weighted by atomic mass is 35.5. The van der Waals surface area contributed by atoms with Crippen molar-refractivity contribution in [2.75, 3.05) is 52.9 Å². The van der Waals surface area contributed by atoms with E-state index in [-0.39, 0.29) is 30.8 Å². The minimum absolute atomic E-state index is 0. The molecule has 2 aliphatic heterocycles. The molecule has 0 radical (unpaired) electrons. The van der Waals surface area contributed by atoms with Crippen molar-refractivity contribution in [1.29, 1.82) is 0 Å². The maximum atomic E-state index is 12.0. The van der Waals surface area contributed by atoms with E-state index in [1.54, 1.807) is 0 Å². The number of nitrogens with one attached hydrogen (secondary N) is 2. The van der Waals surface area contributed by atoms with E-state index >= 15 is 0 Å². The topological polar surface area (TPSA) is 64.7 Å². The smallest absolute Gasteiger partial charge is 0.241 e. The van der Waals surface area contributed by atoms with Gasteiger partial charge in [-0.1, -0.05) is 0 Å². The van der Waals surface area contributed by atoms with Crippen molar-refractivity contribution in [3.8, 4) is 0 Å². The zero-order valence-corrected chi connectivity index (χ0v) is 15.0. The van der Waals surface area contributed by atoms with Crippen LogP contribution in [0.15, 0.2) is 0 Å². The predicted octanol–water partition coefficient (Wildman–Crippen LogP) is 0.468. The van der Waals surface area contributed by atoms with Gasteiger partial charge >= 0.3 is 0 Å². The second-order valence-corrected chi connectivity index (χ2v) is 6.48. The summed E-state index contributed by atoms with van der Waals surface area (Å²) < 4.78 is 0. The monoisotopic (exact) mass is 346 g/mol. The number of halogens is 1. The number of amides is 2. The molecule has 2 saturated heterocycles. The first kappa shape index (κ1) is 20.2. The Morgan fingerprint density at radius 1 is 1.09 bits per heavy atom. The van der Waals surface area contributed by atoms with Crippen molar-refractivity contribution in [1.82, 2.24) is 20.4 Å². The molecule has 2 N–H and O–H groups in total. The van der Waals surface area contributed by atoms with Crippen molar-refractivity contribution < 1.29 is 9.59 Å². The van der Waals surface area contributed by atoms with Gasteiger partial charge in [0.25, 0.3) is 0 Å². The third-order valence-corrected chi connectivity index (χ3v) is 4.77. The van der Waals surface area contributed by atoms with Crippen LogP contribution in [0.4, 0.5) is 0 Å². The van der Waals surface area contributed by atoms with Crippen LogP contribution in [0.3, 0.4) is 0 Å². The average molecular weight is 347 g/mol. The molecule has 0 spiro atoms. The fraction of sp³-hybridized carbons (Fsp3) is 0.875. The molecular weight excluding hydrogens is 316 g/mol. The van der Waals surface area contributed by atoms with Crippen molar-refractivity contribution in [3.63, 3.8) is 0 Å². The molecule has 0 unspecified atom stereocenters. The predicted molar refractivity (Wildman–Crippen MR) is 93.8 cm³/mol. The van der Waals surface area contributed by atoms with Gasteiger partial charge in [-0.3, -0.25) is 14.5 Å². The van der Waals surface area contributed by atoms with Gasteiger partial charge < -0.3 is 15.5 Å². The molecule has 2 rings (SSSR count). The standard InChI is InChI=1S/C16H30N4O2.ClH/c1-17-7-4-14-5-10-19(11-6-14)13-15(21)18-12-16(22)20-8-2-3-9-20;/h14,17H,2-13H2,1H3,(H,18,21);1H. The van der Waals surface area contributed by atoms with Crippen LogP contribution in [0, 0.1) is 5.92 Å². The summed E-state index contributed by atoms with van der Waals surface area (Å²) in [5.74, 6) is 0.807. The molecule has 0 atom stereocenters. The molecule has 2 heterocycles. The number of hydrogen-bond acceptors (Lipinski definition) is 4. The molecule has 2 fully saturated rings. The van der Waals surface area contributed by atoms with Crippen molar-refractivity contribution in [2.45, 2.75) is 32.1 Å². The van der Waals surface area contributed by atoms with Gasteiger partial charge in [0.15, 0.2) is 0 Å². The van der Waals surface area contributed by atoms with Gasteiger partial charge in [-0.2, -0.15) is 0 Å². The largest absolute Gasteiger partial charge is 0.346 e. The first-order chi connectivity index (χ1) is 10.7. The van der Waals surface area contributed by atoms with Gasteiger partial charge in [-0.25, -0.2) is 0 Å². The van der Waals surface area contributed by atoms with E-state index in [9.17, 15) is 9.59 Å². The Balaban J connectivity index is 0.00000264. The Labute approximate surface area is 145 Å². The van der Waals surface area contributed by atoms with Crippen LogP contribution < -0.4 is 10.6 Å². The van der Waals surface area contributed by atoms with Crippen LogP contribution in [0.5, 0.6) is 0 Å². The van der Waals surface area contributed by atoms with E-state index in [1.165, 1.54) is 19.3 Å². The van der Waals surface area contributed by atoms with Crippen LogP contribution in [0.2, 0.25) is 0 Å². The maximum Gasteiger partial charge on any atom is 0.241 e. The van der Waals surface area contributed by atoms with Crippen LogP contribution in [-0.2, 0) is 9.59 Å². The molecule has 0 aromatic rings. The molecule has 6 nitrogen and oxygen atoms in total. The Bertz CT molecular complexity index is 367. The van der Waals surface area contributed by atoms with Crippen LogP contribution >= 0.6 is 12.4 Å². The summed E-state index contributed by atoms with van der Waals surface area (Å²) in [6, 6.07) is 0. The lowest BCUT2D eigenvalue weighted by atomic mass is 9.93. The molecule has 0 aromatic heterocycles. The summed E-state index contributed by atoms with van der Waals surface area (Å²) in [6.45, 7) is 5.31. The molecule has 2 amide bonds. The normalized spacial score (nSPS) is 19.4.